The predicted molar refractivity (Wildman–Crippen MR) is 87.1 cm³/mol. The smallest absolute Gasteiger partial charge is 0.141 e. The van der Waals surface area contributed by atoms with Gasteiger partial charge in [0.05, 0.1) is 5.02 Å². The number of nitrogens with zero attached hydrogens (tertiary/aromatic N) is 1. The largest absolute Gasteiger partial charge is 0.309 e. The molecule has 0 bridgehead atoms. The molecule has 0 spiro atoms. The molecule has 1 fully saturated rings. The highest BCUT2D eigenvalue weighted by Gasteiger charge is 2.35. The Bertz CT molecular complexity index is 492. The summed E-state index contributed by atoms with van der Waals surface area (Å²) in [7, 11) is 0. The summed E-state index contributed by atoms with van der Waals surface area (Å²) in [6, 6.07) is 5.54. The molecule has 0 aromatic heterocycles. The molecule has 2 rings (SSSR count). The summed E-state index contributed by atoms with van der Waals surface area (Å²) in [4.78, 5) is 2.51. The fraction of sp³-hybridized carbons (Fsp3) is 0.647. The van der Waals surface area contributed by atoms with E-state index in [4.69, 9.17) is 11.6 Å². The third-order valence-electron chi connectivity index (χ3n) is 4.68. The molecular formula is C17H26ClFN2. The van der Waals surface area contributed by atoms with Crippen LogP contribution in [0.25, 0.3) is 0 Å². The van der Waals surface area contributed by atoms with E-state index in [0.717, 1.165) is 31.6 Å². The standard InChI is InChI=1S/C17H26ClFN2/c1-5-17(4)11-21(16(9-20-17)12(2)3)10-13-6-7-15(19)14(18)8-13/h6-8,12,16,20H,5,9-11H2,1-4H3. The Labute approximate surface area is 132 Å². The molecule has 0 amide bonds. The van der Waals surface area contributed by atoms with Crippen LogP contribution in [0.3, 0.4) is 0 Å². The molecule has 2 atom stereocenters. The maximum absolute atomic E-state index is 13.3. The van der Waals surface area contributed by atoms with Crippen LogP contribution in [0.1, 0.15) is 39.7 Å². The molecule has 0 saturated carbocycles. The van der Waals surface area contributed by atoms with Gasteiger partial charge in [0.2, 0.25) is 0 Å². The fourth-order valence-electron chi connectivity index (χ4n) is 3.04. The van der Waals surface area contributed by atoms with E-state index in [0.29, 0.717) is 12.0 Å². The van der Waals surface area contributed by atoms with E-state index in [2.05, 4.69) is 37.9 Å². The lowest BCUT2D eigenvalue weighted by Gasteiger charge is -2.47. The summed E-state index contributed by atoms with van der Waals surface area (Å²) in [6.07, 6.45) is 1.10. The summed E-state index contributed by atoms with van der Waals surface area (Å²) in [5.74, 6) is 0.231. The number of hydrogen-bond donors (Lipinski definition) is 1. The first-order valence-electron chi connectivity index (χ1n) is 7.77. The van der Waals surface area contributed by atoms with Gasteiger partial charge in [-0.1, -0.05) is 38.4 Å². The molecule has 0 radical (unpaired) electrons. The number of halogens is 2. The SMILES string of the molecule is CCC1(C)CN(Cc2ccc(F)c(Cl)c2)C(C(C)C)CN1. The normalized spacial score (nSPS) is 27.3. The van der Waals surface area contributed by atoms with Crippen molar-refractivity contribution in [1.82, 2.24) is 10.2 Å². The molecule has 1 aliphatic rings. The maximum Gasteiger partial charge on any atom is 0.141 e. The van der Waals surface area contributed by atoms with Crippen molar-refractivity contribution in [3.63, 3.8) is 0 Å². The zero-order valence-corrected chi connectivity index (χ0v) is 14.2. The maximum atomic E-state index is 13.3. The van der Waals surface area contributed by atoms with Crippen LogP contribution in [0.5, 0.6) is 0 Å². The van der Waals surface area contributed by atoms with E-state index in [9.17, 15) is 4.39 Å². The van der Waals surface area contributed by atoms with Gasteiger partial charge in [0, 0.05) is 31.2 Å². The molecule has 4 heteroatoms. The summed E-state index contributed by atoms with van der Waals surface area (Å²) in [5.41, 5.74) is 1.22. The summed E-state index contributed by atoms with van der Waals surface area (Å²) in [5, 5.41) is 3.90. The lowest BCUT2D eigenvalue weighted by atomic mass is 9.89. The molecule has 118 valence electrons. The van der Waals surface area contributed by atoms with Gasteiger partial charge in [-0.25, -0.2) is 4.39 Å². The average molecular weight is 313 g/mol. The van der Waals surface area contributed by atoms with E-state index in [1.54, 1.807) is 6.07 Å². The van der Waals surface area contributed by atoms with Crippen LogP contribution in [0.4, 0.5) is 4.39 Å². The average Bonchev–Trinajstić information content (AvgIpc) is 2.43. The molecule has 2 unspecified atom stereocenters. The highest BCUT2D eigenvalue weighted by Crippen LogP contribution is 2.25. The van der Waals surface area contributed by atoms with E-state index in [-0.39, 0.29) is 16.4 Å². The van der Waals surface area contributed by atoms with Gasteiger partial charge in [0.15, 0.2) is 0 Å². The van der Waals surface area contributed by atoms with Gasteiger partial charge in [-0.3, -0.25) is 4.90 Å². The van der Waals surface area contributed by atoms with Crippen LogP contribution >= 0.6 is 11.6 Å². The van der Waals surface area contributed by atoms with E-state index in [1.165, 1.54) is 6.07 Å². The zero-order valence-electron chi connectivity index (χ0n) is 13.4. The van der Waals surface area contributed by atoms with E-state index in [1.807, 2.05) is 6.07 Å². The molecule has 0 aliphatic carbocycles. The van der Waals surface area contributed by atoms with Gasteiger partial charge in [-0.05, 0) is 37.0 Å². The van der Waals surface area contributed by atoms with Crippen molar-refractivity contribution in [3.05, 3.63) is 34.6 Å². The van der Waals surface area contributed by atoms with Crippen LogP contribution < -0.4 is 5.32 Å². The number of hydrogen-bond acceptors (Lipinski definition) is 2. The van der Waals surface area contributed by atoms with Crippen LogP contribution in [-0.2, 0) is 6.54 Å². The minimum Gasteiger partial charge on any atom is -0.309 e. The summed E-state index contributed by atoms with van der Waals surface area (Å²) >= 11 is 5.91. The first-order chi connectivity index (χ1) is 9.84. The Balaban J connectivity index is 2.17. The third-order valence-corrected chi connectivity index (χ3v) is 4.97. The number of benzene rings is 1. The molecule has 1 N–H and O–H groups in total. The molecule has 1 aromatic rings. The predicted octanol–water partition coefficient (Wildman–Crippen LogP) is 4.08. The Morgan fingerprint density at radius 3 is 2.76 bits per heavy atom. The van der Waals surface area contributed by atoms with Gasteiger partial charge in [0.1, 0.15) is 5.82 Å². The zero-order chi connectivity index (χ0) is 15.6. The van der Waals surface area contributed by atoms with Crippen LogP contribution in [-0.4, -0.2) is 29.6 Å². The lowest BCUT2D eigenvalue weighted by Crippen LogP contribution is -2.63. The topological polar surface area (TPSA) is 15.3 Å². The van der Waals surface area contributed by atoms with E-state index >= 15 is 0 Å². The van der Waals surface area contributed by atoms with Crippen molar-refractivity contribution in [1.29, 1.82) is 0 Å². The number of rotatable bonds is 4. The Hall–Kier alpha value is -0.640. The molecule has 1 heterocycles. The number of piperazine rings is 1. The van der Waals surface area contributed by atoms with E-state index < -0.39 is 0 Å². The van der Waals surface area contributed by atoms with Crippen molar-refractivity contribution < 1.29 is 4.39 Å². The quantitative estimate of drug-likeness (QED) is 0.901. The third kappa shape index (κ3) is 3.97. The molecule has 1 saturated heterocycles. The molecule has 21 heavy (non-hydrogen) atoms. The summed E-state index contributed by atoms with van der Waals surface area (Å²) in [6.45, 7) is 11.8. The molecule has 1 aliphatic heterocycles. The van der Waals surface area contributed by atoms with Gasteiger partial charge >= 0.3 is 0 Å². The first-order valence-corrected chi connectivity index (χ1v) is 8.15. The number of nitrogens with one attached hydrogen (secondary N) is 1. The Kier molecular flexibility index (Phi) is 5.29. The van der Waals surface area contributed by atoms with Gasteiger partial charge in [-0.15, -0.1) is 0 Å². The second-order valence-electron chi connectivity index (χ2n) is 6.76. The second-order valence-corrected chi connectivity index (χ2v) is 7.17. The monoisotopic (exact) mass is 312 g/mol. The van der Waals surface area contributed by atoms with Gasteiger partial charge in [-0.2, -0.15) is 0 Å². The highest BCUT2D eigenvalue weighted by molar-refractivity contribution is 6.30. The van der Waals surface area contributed by atoms with Crippen molar-refractivity contribution in [3.8, 4) is 0 Å². The van der Waals surface area contributed by atoms with Crippen LogP contribution in [0.15, 0.2) is 18.2 Å². The Morgan fingerprint density at radius 1 is 1.48 bits per heavy atom. The van der Waals surface area contributed by atoms with Gasteiger partial charge in [0.25, 0.3) is 0 Å². The Morgan fingerprint density at radius 2 is 2.19 bits per heavy atom. The van der Waals surface area contributed by atoms with Crippen molar-refractivity contribution in [2.45, 2.75) is 52.2 Å². The molecule has 1 aromatic carbocycles. The van der Waals surface area contributed by atoms with Crippen LogP contribution in [0.2, 0.25) is 5.02 Å². The second kappa shape index (κ2) is 6.64. The van der Waals surface area contributed by atoms with Crippen molar-refractivity contribution in [2.75, 3.05) is 13.1 Å². The van der Waals surface area contributed by atoms with Crippen LogP contribution in [0, 0.1) is 11.7 Å². The minimum absolute atomic E-state index is 0.148. The van der Waals surface area contributed by atoms with Crippen molar-refractivity contribution in [2.24, 2.45) is 5.92 Å². The molecule has 2 nitrogen and oxygen atoms in total. The first kappa shape index (κ1) is 16.7. The minimum atomic E-state index is -0.348. The highest BCUT2D eigenvalue weighted by atomic mass is 35.5. The lowest BCUT2D eigenvalue weighted by molar-refractivity contribution is 0.0539. The van der Waals surface area contributed by atoms with Gasteiger partial charge < -0.3 is 5.32 Å². The van der Waals surface area contributed by atoms with Crippen molar-refractivity contribution >= 4 is 11.6 Å². The summed E-state index contributed by atoms with van der Waals surface area (Å²) < 4.78 is 13.3. The molecular weight excluding hydrogens is 287 g/mol. The fourth-order valence-corrected chi connectivity index (χ4v) is 3.24.